The van der Waals surface area contributed by atoms with Crippen molar-refractivity contribution in [2.45, 2.75) is 24.8 Å². The second kappa shape index (κ2) is 5.44. The molecule has 0 saturated carbocycles. The van der Waals surface area contributed by atoms with E-state index in [0.717, 1.165) is 16.8 Å². The molecule has 0 amide bonds. The van der Waals surface area contributed by atoms with Gasteiger partial charge < -0.3 is 0 Å². The second-order valence-electron chi connectivity index (χ2n) is 3.12. The minimum Gasteiger partial charge on any atom is -0.137 e. The molecule has 2 nitrogen and oxygen atoms in total. The van der Waals surface area contributed by atoms with Gasteiger partial charge in [0.2, 0.25) is 0 Å². The maximum absolute atomic E-state index is 6.04. The molecule has 0 aliphatic heterocycles. The summed E-state index contributed by atoms with van der Waals surface area (Å²) in [5.41, 5.74) is 1.01. The summed E-state index contributed by atoms with van der Waals surface area (Å²) in [5.74, 6) is 0. The molecular weight excluding hydrogens is 303 g/mol. The van der Waals surface area contributed by atoms with E-state index in [-0.39, 0.29) is 0 Å². The lowest BCUT2D eigenvalue weighted by Gasteiger charge is -2.13. The van der Waals surface area contributed by atoms with Gasteiger partial charge in [0.1, 0.15) is 0 Å². The highest BCUT2D eigenvalue weighted by Gasteiger charge is 2.18. The normalized spacial score (nSPS) is 12.9. The van der Waals surface area contributed by atoms with Gasteiger partial charge in [0.25, 0.3) is 0 Å². The maximum Gasteiger partial charge on any atom is 0.155 e. The van der Waals surface area contributed by atoms with Crippen LogP contribution in [0, 0.1) is 0 Å². The van der Waals surface area contributed by atoms with Crippen molar-refractivity contribution in [2.75, 3.05) is 0 Å². The van der Waals surface area contributed by atoms with E-state index in [1.165, 1.54) is 0 Å². The fourth-order valence-corrected chi connectivity index (χ4v) is 5.01. The fraction of sp³-hybridized carbons (Fsp3) is 0.500. The number of rotatable bonds is 3. The lowest BCUT2D eigenvalue weighted by atomic mass is 10.3. The molecule has 0 fully saturated rings. The topological polar surface area (TPSA) is 25.8 Å². The van der Waals surface area contributed by atoms with Crippen LogP contribution in [-0.2, 0) is 5.33 Å². The Balaban J connectivity index is 3.29. The Morgan fingerprint density at radius 1 is 1.29 bits per heavy atom. The van der Waals surface area contributed by atoms with Crippen molar-refractivity contribution in [3.63, 3.8) is 0 Å². The first-order chi connectivity index (χ1) is 6.61. The first kappa shape index (κ1) is 12.4. The fourth-order valence-electron chi connectivity index (χ4n) is 1.27. The molecule has 0 N–H and O–H groups in total. The van der Waals surface area contributed by atoms with E-state index in [4.69, 9.17) is 23.2 Å². The molecule has 0 radical (unpaired) electrons. The van der Waals surface area contributed by atoms with Crippen LogP contribution in [-0.4, -0.2) is 19.0 Å². The van der Waals surface area contributed by atoms with Gasteiger partial charge in [-0.15, -0.1) is 10.2 Å². The van der Waals surface area contributed by atoms with Crippen molar-refractivity contribution in [1.29, 1.82) is 0 Å². The van der Waals surface area contributed by atoms with Crippen molar-refractivity contribution in [1.82, 2.24) is 10.2 Å². The monoisotopic (exact) mass is 312 g/mol. The van der Waals surface area contributed by atoms with Crippen molar-refractivity contribution in [3.05, 3.63) is 15.9 Å². The Morgan fingerprint density at radius 2 is 1.86 bits per heavy atom. The van der Waals surface area contributed by atoms with Gasteiger partial charge >= 0.3 is 0 Å². The van der Waals surface area contributed by atoms with Crippen LogP contribution in [0.2, 0.25) is 22.9 Å². The van der Waals surface area contributed by atoms with Gasteiger partial charge in [0, 0.05) is 10.9 Å². The predicted molar refractivity (Wildman–Crippen MR) is 67.8 cm³/mol. The van der Waals surface area contributed by atoms with Crippen LogP contribution in [0.1, 0.15) is 12.5 Å². The Bertz CT molecular complexity index is 335. The SMILES string of the molecule is CC[SiH](C)c1c(Cl)nnc(Cl)c1CBr. The van der Waals surface area contributed by atoms with Gasteiger partial charge in [-0.25, -0.2) is 0 Å². The van der Waals surface area contributed by atoms with Crippen LogP contribution < -0.4 is 5.19 Å². The summed E-state index contributed by atoms with van der Waals surface area (Å²) in [4.78, 5) is 0. The Labute approximate surface area is 104 Å². The summed E-state index contributed by atoms with van der Waals surface area (Å²) >= 11 is 15.4. The van der Waals surface area contributed by atoms with E-state index in [9.17, 15) is 0 Å². The summed E-state index contributed by atoms with van der Waals surface area (Å²) in [5, 5.41) is 10.5. The van der Waals surface area contributed by atoms with Gasteiger partial charge in [-0.3, -0.25) is 0 Å². The van der Waals surface area contributed by atoms with Gasteiger partial charge in [0.05, 0.1) is 8.80 Å². The molecule has 78 valence electrons. The molecule has 1 aromatic rings. The molecule has 0 aromatic carbocycles. The highest BCUT2D eigenvalue weighted by molar-refractivity contribution is 9.08. The van der Waals surface area contributed by atoms with Crippen molar-refractivity contribution in [2.24, 2.45) is 0 Å². The van der Waals surface area contributed by atoms with Crippen LogP contribution in [0.4, 0.5) is 0 Å². The van der Waals surface area contributed by atoms with Crippen LogP contribution in [0.3, 0.4) is 0 Å². The number of aromatic nitrogens is 2. The van der Waals surface area contributed by atoms with Crippen molar-refractivity contribution < 1.29 is 0 Å². The van der Waals surface area contributed by atoms with Crippen molar-refractivity contribution in [3.8, 4) is 0 Å². The van der Waals surface area contributed by atoms with Gasteiger partial charge in [-0.1, -0.05) is 58.6 Å². The lowest BCUT2D eigenvalue weighted by molar-refractivity contribution is 1.02. The molecule has 0 aliphatic carbocycles. The summed E-state index contributed by atoms with van der Waals surface area (Å²) in [6.45, 7) is 4.41. The van der Waals surface area contributed by atoms with Crippen LogP contribution >= 0.6 is 39.1 Å². The van der Waals surface area contributed by atoms with E-state index in [1.54, 1.807) is 0 Å². The highest BCUT2D eigenvalue weighted by Crippen LogP contribution is 2.18. The summed E-state index contributed by atoms with van der Waals surface area (Å²) in [7, 11) is -1.01. The lowest BCUT2D eigenvalue weighted by Crippen LogP contribution is -2.31. The van der Waals surface area contributed by atoms with E-state index in [2.05, 4.69) is 39.6 Å². The van der Waals surface area contributed by atoms with Crippen LogP contribution in [0.5, 0.6) is 0 Å². The Morgan fingerprint density at radius 3 is 2.36 bits per heavy atom. The van der Waals surface area contributed by atoms with E-state index in [0.29, 0.717) is 15.6 Å². The zero-order valence-electron chi connectivity index (χ0n) is 8.02. The number of halogens is 3. The molecule has 1 aromatic heterocycles. The average molecular weight is 314 g/mol. The Hall–Kier alpha value is 0.357. The Kier molecular flexibility index (Phi) is 4.83. The number of hydrogen-bond acceptors (Lipinski definition) is 2. The van der Waals surface area contributed by atoms with E-state index >= 15 is 0 Å². The molecule has 14 heavy (non-hydrogen) atoms. The van der Waals surface area contributed by atoms with Gasteiger partial charge in [-0.2, -0.15) is 0 Å². The first-order valence-corrected chi connectivity index (χ1v) is 8.80. The molecule has 1 unspecified atom stereocenters. The summed E-state index contributed by atoms with van der Waals surface area (Å²) in [6, 6.07) is 1.14. The third kappa shape index (κ3) is 2.48. The van der Waals surface area contributed by atoms with Crippen LogP contribution in [0.25, 0.3) is 0 Å². The minimum absolute atomic E-state index is 0.467. The molecule has 1 heterocycles. The molecule has 1 rings (SSSR count). The standard InChI is InChI=1S/C8H11BrCl2N2Si/c1-3-14(2)6-5(4-9)7(10)12-13-8(6)11/h14H,3-4H2,1-2H3. The molecule has 0 saturated heterocycles. The average Bonchev–Trinajstić information content (AvgIpc) is 2.19. The largest absolute Gasteiger partial charge is 0.155 e. The molecule has 1 atom stereocenters. The quantitative estimate of drug-likeness (QED) is 0.633. The third-order valence-electron chi connectivity index (χ3n) is 2.26. The molecule has 0 bridgehead atoms. The van der Waals surface area contributed by atoms with E-state index in [1.807, 2.05) is 0 Å². The summed E-state index contributed by atoms with van der Waals surface area (Å²) in [6.07, 6.45) is 0. The zero-order chi connectivity index (χ0) is 10.7. The molecular formula is C8H11BrCl2N2Si. The third-order valence-corrected chi connectivity index (χ3v) is 6.42. The van der Waals surface area contributed by atoms with Gasteiger partial charge in [-0.05, 0) is 5.19 Å². The second-order valence-corrected chi connectivity index (χ2v) is 7.59. The summed E-state index contributed by atoms with van der Waals surface area (Å²) < 4.78 is 0. The number of alkyl halides is 1. The first-order valence-electron chi connectivity index (χ1n) is 4.38. The number of nitrogens with zero attached hydrogens (tertiary/aromatic N) is 2. The highest BCUT2D eigenvalue weighted by atomic mass is 79.9. The van der Waals surface area contributed by atoms with E-state index < -0.39 is 8.80 Å². The molecule has 0 aliphatic rings. The minimum atomic E-state index is -1.01. The predicted octanol–water partition coefficient (Wildman–Crippen LogP) is 2.76. The van der Waals surface area contributed by atoms with Crippen molar-refractivity contribution >= 4 is 53.1 Å². The molecule has 6 heteroatoms. The zero-order valence-corrected chi connectivity index (χ0v) is 12.3. The van der Waals surface area contributed by atoms with Crippen LogP contribution in [0.15, 0.2) is 0 Å². The molecule has 0 spiro atoms. The van der Waals surface area contributed by atoms with Gasteiger partial charge in [0.15, 0.2) is 10.3 Å². The number of hydrogen-bond donors (Lipinski definition) is 0. The smallest absolute Gasteiger partial charge is 0.137 e. The maximum atomic E-state index is 6.04.